The van der Waals surface area contributed by atoms with E-state index in [1.54, 1.807) is 16.5 Å². The van der Waals surface area contributed by atoms with E-state index in [1.807, 2.05) is 17.9 Å². The summed E-state index contributed by atoms with van der Waals surface area (Å²) in [7, 11) is 0. The number of rotatable bonds is 5. The third kappa shape index (κ3) is 5.08. The van der Waals surface area contributed by atoms with Gasteiger partial charge in [-0.25, -0.2) is 9.78 Å². The van der Waals surface area contributed by atoms with E-state index in [0.717, 1.165) is 17.8 Å². The Morgan fingerprint density at radius 1 is 1.18 bits per heavy atom. The number of alkyl halides is 3. The number of morpholine rings is 1. The number of nitrogens with zero attached hydrogens (tertiary/aromatic N) is 3. The predicted molar refractivity (Wildman–Crippen MR) is 113 cm³/mol. The Labute approximate surface area is 186 Å². The molecule has 0 atom stereocenters. The Bertz CT molecular complexity index is 1190. The van der Waals surface area contributed by atoms with Gasteiger partial charge in [-0.3, -0.25) is 4.79 Å². The third-order valence-corrected chi connectivity index (χ3v) is 5.19. The number of aryl methyl sites for hydroxylation is 1. The molecule has 4 rings (SSSR count). The smallest absolute Gasteiger partial charge is 0.416 e. The minimum atomic E-state index is -4.57. The molecule has 0 bridgehead atoms. The fourth-order valence-corrected chi connectivity index (χ4v) is 3.53. The lowest BCUT2D eigenvalue weighted by Gasteiger charge is -2.31. The molecule has 0 aliphatic carbocycles. The second-order valence-electron chi connectivity index (χ2n) is 7.47. The van der Waals surface area contributed by atoms with E-state index in [0.29, 0.717) is 37.6 Å². The van der Waals surface area contributed by atoms with Gasteiger partial charge in [0.25, 0.3) is 5.91 Å². The maximum absolute atomic E-state index is 13.2. The molecule has 11 heteroatoms. The van der Waals surface area contributed by atoms with Crippen LogP contribution in [-0.2, 0) is 20.4 Å². The molecule has 1 N–H and O–H groups in total. The first-order valence-electron chi connectivity index (χ1n) is 10.2. The number of nitrogens with one attached hydrogen (secondary N) is 1. The average molecular weight is 462 g/mol. The highest BCUT2D eigenvalue weighted by Crippen LogP contribution is 2.35. The molecule has 1 amide bonds. The Hall–Kier alpha value is -3.60. The molecule has 1 fully saturated rings. The molecule has 2 aromatic heterocycles. The zero-order valence-corrected chi connectivity index (χ0v) is 17.7. The number of benzene rings is 1. The summed E-state index contributed by atoms with van der Waals surface area (Å²) in [6.07, 6.45) is -3.08. The van der Waals surface area contributed by atoms with Crippen molar-refractivity contribution >= 4 is 28.9 Å². The molecule has 0 saturated carbocycles. The van der Waals surface area contributed by atoms with E-state index in [-0.39, 0.29) is 11.4 Å². The molecule has 0 radical (unpaired) electrons. The Kier molecular flexibility index (Phi) is 6.23. The minimum Gasteiger partial charge on any atom is -0.451 e. The fourth-order valence-electron chi connectivity index (χ4n) is 3.53. The van der Waals surface area contributed by atoms with Gasteiger partial charge in [-0.05, 0) is 37.3 Å². The van der Waals surface area contributed by atoms with Gasteiger partial charge in [-0.1, -0.05) is 6.07 Å². The lowest BCUT2D eigenvalue weighted by atomic mass is 10.1. The van der Waals surface area contributed by atoms with Crippen LogP contribution in [0.3, 0.4) is 0 Å². The van der Waals surface area contributed by atoms with Crippen LogP contribution in [0.5, 0.6) is 0 Å². The van der Waals surface area contributed by atoms with Gasteiger partial charge in [0, 0.05) is 25.0 Å². The summed E-state index contributed by atoms with van der Waals surface area (Å²) in [5.74, 6) is -1.58. The highest BCUT2D eigenvalue weighted by molar-refractivity contribution is 5.97. The summed E-state index contributed by atoms with van der Waals surface area (Å²) in [6, 6.07) is 8.51. The minimum absolute atomic E-state index is 0.0175. The monoisotopic (exact) mass is 462 g/mol. The highest BCUT2D eigenvalue weighted by atomic mass is 19.4. The zero-order chi connectivity index (χ0) is 23.6. The summed E-state index contributed by atoms with van der Waals surface area (Å²) in [4.78, 5) is 30.8. The van der Waals surface area contributed by atoms with E-state index in [1.165, 1.54) is 12.3 Å². The van der Waals surface area contributed by atoms with Crippen LogP contribution in [0.25, 0.3) is 5.65 Å². The van der Waals surface area contributed by atoms with Crippen LogP contribution in [0.15, 0.2) is 42.6 Å². The van der Waals surface area contributed by atoms with Gasteiger partial charge in [0.15, 0.2) is 12.3 Å². The van der Waals surface area contributed by atoms with Gasteiger partial charge in [-0.15, -0.1) is 0 Å². The molecule has 1 aliphatic rings. The lowest BCUT2D eigenvalue weighted by molar-refractivity contribution is -0.137. The van der Waals surface area contributed by atoms with E-state index in [4.69, 9.17) is 9.47 Å². The van der Waals surface area contributed by atoms with E-state index in [9.17, 15) is 22.8 Å². The number of hydrogen-bond donors (Lipinski definition) is 1. The quantitative estimate of drug-likeness (QED) is 0.586. The van der Waals surface area contributed by atoms with Gasteiger partial charge < -0.3 is 24.1 Å². The number of hydrogen-bond acceptors (Lipinski definition) is 6. The first-order chi connectivity index (χ1) is 15.7. The van der Waals surface area contributed by atoms with Gasteiger partial charge in [0.1, 0.15) is 5.65 Å². The van der Waals surface area contributed by atoms with E-state index in [2.05, 4.69) is 10.3 Å². The van der Waals surface area contributed by atoms with Gasteiger partial charge >= 0.3 is 12.1 Å². The summed E-state index contributed by atoms with van der Waals surface area (Å²) in [5.41, 5.74) is 0.942. The largest absolute Gasteiger partial charge is 0.451 e. The standard InChI is InChI=1S/C22H21F3N4O4/c1-14-3-2-4-19-26-17(12-29(14)19)21(31)33-13-20(30)27-16-11-15(22(23,24)25)5-6-18(16)28-7-9-32-10-8-28/h2-6,11-12H,7-10,13H2,1H3,(H,27,30). The second kappa shape index (κ2) is 9.10. The SMILES string of the molecule is Cc1cccc2nc(C(=O)OCC(=O)Nc3cc(C(F)(F)F)ccc3N3CCOCC3)cn12. The molecule has 174 valence electrons. The normalized spacial score (nSPS) is 14.4. The van der Waals surface area contributed by atoms with Crippen molar-refractivity contribution in [2.24, 2.45) is 0 Å². The average Bonchev–Trinajstić information content (AvgIpc) is 3.23. The van der Waals surface area contributed by atoms with Crippen LogP contribution in [0, 0.1) is 6.92 Å². The van der Waals surface area contributed by atoms with E-state index < -0.39 is 30.2 Å². The summed E-state index contributed by atoms with van der Waals surface area (Å²) < 4.78 is 51.7. The van der Waals surface area contributed by atoms with Crippen LogP contribution in [0.4, 0.5) is 24.5 Å². The molecule has 0 spiro atoms. The van der Waals surface area contributed by atoms with Crippen molar-refractivity contribution in [3.05, 3.63) is 59.5 Å². The van der Waals surface area contributed by atoms with Gasteiger partial charge in [0.05, 0.1) is 30.2 Å². The molecule has 3 aromatic rings. The van der Waals surface area contributed by atoms with Crippen molar-refractivity contribution in [3.63, 3.8) is 0 Å². The number of amides is 1. The van der Waals surface area contributed by atoms with Crippen LogP contribution >= 0.6 is 0 Å². The van der Waals surface area contributed by atoms with Crippen LogP contribution in [-0.4, -0.2) is 54.2 Å². The molecule has 8 nitrogen and oxygen atoms in total. The molecule has 33 heavy (non-hydrogen) atoms. The van der Waals surface area contributed by atoms with Crippen molar-refractivity contribution < 1.29 is 32.2 Å². The molecule has 3 heterocycles. The lowest BCUT2D eigenvalue weighted by Crippen LogP contribution is -2.37. The number of carbonyl (C=O) groups is 2. The molecular formula is C22H21F3N4O4. The summed E-state index contributed by atoms with van der Waals surface area (Å²) >= 11 is 0. The number of carbonyl (C=O) groups excluding carboxylic acids is 2. The Morgan fingerprint density at radius 3 is 2.64 bits per heavy atom. The first kappa shape index (κ1) is 22.6. The number of ether oxygens (including phenoxy) is 2. The topological polar surface area (TPSA) is 85.2 Å². The van der Waals surface area contributed by atoms with E-state index >= 15 is 0 Å². The molecule has 1 aliphatic heterocycles. The molecular weight excluding hydrogens is 441 g/mol. The number of pyridine rings is 1. The van der Waals surface area contributed by atoms with Crippen molar-refractivity contribution in [1.29, 1.82) is 0 Å². The van der Waals surface area contributed by atoms with Crippen LogP contribution < -0.4 is 10.2 Å². The second-order valence-corrected chi connectivity index (χ2v) is 7.47. The summed E-state index contributed by atoms with van der Waals surface area (Å²) in [5, 5.41) is 2.44. The maximum Gasteiger partial charge on any atom is 0.416 e. The van der Waals surface area contributed by atoms with Crippen molar-refractivity contribution in [2.75, 3.05) is 43.1 Å². The zero-order valence-electron chi connectivity index (χ0n) is 17.7. The highest BCUT2D eigenvalue weighted by Gasteiger charge is 2.32. The number of halogens is 3. The fraction of sp³-hybridized carbons (Fsp3) is 0.318. The Balaban J connectivity index is 1.47. The van der Waals surface area contributed by atoms with Crippen LogP contribution in [0.1, 0.15) is 21.7 Å². The number of aromatic nitrogens is 2. The number of esters is 1. The molecule has 0 unspecified atom stereocenters. The number of imidazole rings is 1. The van der Waals surface area contributed by atoms with Crippen molar-refractivity contribution in [3.8, 4) is 0 Å². The first-order valence-corrected chi connectivity index (χ1v) is 10.2. The molecule has 1 aromatic carbocycles. The van der Waals surface area contributed by atoms with Crippen LogP contribution in [0.2, 0.25) is 0 Å². The molecule has 1 saturated heterocycles. The van der Waals surface area contributed by atoms with Crippen molar-refractivity contribution in [1.82, 2.24) is 9.38 Å². The Morgan fingerprint density at radius 2 is 1.94 bits per heavy atom. The predicted octanol–water partition coefficient (Wildman–Crippen LogP) is 3.29. The number of anilines is 2. The van der Waals surface area contributed by atoms with Gasteiger partial charge in [-0.2, -0.15) is 13.2 Å². The maximum atomic E-state index is 13.2. The third-order valence-electron chi connectivity index (χ3n) is 5.19. The van der Waals surface area contributed by atoms with Gasteiger partial charge in [0.2, 0.25) is 0 Å². The van der Waals surface area contributed by atoms with Crippen molar-refractivity contribution in [2.45, 2.75) is 13.1 Å². The summed E-state index contributed by atoms with van der Waals surface area (Å²) in [6.45, 7) is 2.95. The number of fused-ring (bicyclic) bond motifs is 1.